The third kappa shape index (κ3) is 4.04. The summed E-state index contributed by atoms with van der Waals surface area (Å²) in [6, 6.07) is 9.52. The molecule has 0 spiro atoms. The van der Waals surface area contributed by atoms with Crippen LogP contribution < -0.4 is 5.32 Å². The van der Waals surface area contributed by atoms with Crippen molar-refractivity contribution in [3.8, 4) is 11.4 Å². The molecule has 0 bridgehead atoms. The Labute approximate surface area is 167 Å². The van der Waals surface area contributed by atoms with Gasteiger partial charge in [-0.1, -0.05) is 49.3 Å². The summed E-state index contributed by atoms with van der Waals surface area (Å²) in [5.74, 6) is 2.22. The van der Waals surface area contributed by atoms with E-state index < -0.39 is 0 Å². The Morgan fingerprint density at radius 1 is 1.29 bits per heavy atom. The first-order chi connectivity index (χ1) is 13.6. The Kier molecular flexibility index (Phi) is 5.34. The van der Waals surface area contributed by atoms with E-state index in [1.54, 1.807) is 4.90 Å². The van der Waals surface area contributed by atoms with Gasteiger partial charge in [0.1, 0.15) is 0 Å². The zero-order valence-corrected chi connectivity index (χ0v) is 16.6. The van der Waals surface area contributed by atoms with Gasteiger partial charge in [-0.05, 0) is 12.8 Å². The van der Waals surface area contributed by atoms with Crippen LogP contribution in [0.3, 0.4) is 0 Å². The normalized spacial score (nSPS) is 17.1. The van der Waals surface area contributed by atoms with E-state index >= 15 is 0 Å². The molecule has 1 fully saturated rings. The number of anilines is 1. The van der Waals surface area contributed by atoms with Crippen molar-refractivity contribution in [3.05, 3.63) is 42.0 Å². The van der Waals surface area contributed by atoms with E-state index in [0.29, 0.717) is 35.8 Å². The molecule has 2 amide bonds. The lowest BCUT2D eigenvalue weighted by Crippen LogP contribution is -2.41. The maximum absolute atomic E-state index is 12.7. The first-order valence-electron chi connectivity index (χ1n) is 9.38. The first-order valence-corrected chi connectivity index (χ1v) is 10.2. The minimum Gasteiger partial charge on any atom is -0.339 e. The molecule has 146 valence electrons. The molecule has 3 aromatic rings. The van der Waals surface area contributed by atoms with Crippen molar-refractivity contribution in [2.75, 3.05) is 18.4 Å². The number of rotatable bonds is 4. The zero-order chi connectivity index (χ0) is 19.5. The highest BCUT2D eigenvalue weighted by atomic mass is 32.1. The third-order valence-electron chi connectivity index (χ3n) is 4.70. The molecule has 1 N–H and O–H groups in total. The zero-order valence-electron chi connectivity index (χ0n) is 15.8. The van der Waals surface area contributed by atoms with Crippen molar-refractivity contribution in [3.63, 3.8) is 0 Å². The van der Waals surface area contributed by atoms with E-state index in [4.69, 9.17) is 4.52 Å². The van der Waals surface area contributed by atoms with Crippen molar-refractivity contribution in [1.29, 1.82) is 0 Å². The summed E-state index contributed by atoms with van der Waals surface area (Å²) in [6.45, 7) is 5.30. The number of piperidine rings is 1. The van der Waals surface area contributed by atoms with Crippen LogP contribution in [0.5, 0.6) is 0 Å². The average Bonchev–Trinajstić information content (AvgIpc) is 3.39. The van der Waals surface area contributed by atoms with Crippen molar-refractivity contribution in [2.45, 2.75) is 38.5 Å². The van der Waals surface area contributed by atoms with E-state index in [9.17, 15) is 4.79 Å². The average molecular weight is 398 g/mol. The van der Waals surface area contributed by atoms with Gasteiger partial charge in [0.25, 0.3) is 0 Å². The number of carbonyl (C=O) groups is 1. The van der Waals surface area contributed by atoms with E-state index in [0.717, 1.165) is 18.4 Å². The highest BCUT2D eigenvalue weighted by Crippen LogP contribution is 2.27. The summed E-state index contributed by atoms with van der Waals surface area (Å²) in [7, 11) is 0. The quantitative estimate of drug-likeness (QED) is 0.710. The van der Waals surface area contributed by atoms with Crippen LogP contribution in [0.15, 0.2) is 34.9 Å². The lowest BCUT2D eigenvalue weighted by Gasteiger charge is -2.30. The molecule has 1 unspecified atom stereocenters. The first kappa shape index (κ1) is 18.5. The molecule has 1 saturated heterocycles. The number of carbonyl (C=O) groups excluding carboxylic acids is 1. The van der Waals surface area contributed by atoms with E-state index in [-0.39, 0.29) is 17.9 Å². The van der Waals surface area contributed by atoms with Gasteiger partial charge in [0.2, 0.25) is 11.0 Å². The van der Waals surface area contributed by atoms with Crippen molar-refractivity contribution in [1.82, 2.24) is 24.4 Å². The summed E-state index contributed by atoms with van der Waals surface area (Å²) in [4.78, 5) is 23.4. The Morgan fingerprint density at radius 3 is 2.86 bits per heavy atom. The topological polar surface area (TPSA) is 97.0 Å². The minimum atomic E-state index is -0.177. The lowest BCUT2D eigenvalue weighted by molar-refractivity contribution is 0.184. The highest BCUT2D eigenvalue weighted by molar-refractivity contribution is 7.10. The largest absolute Gasteiger partial charge is 0.339 e. The second kappa shape index (κ2) is 8.05. The molecule has 8 nitrogen and oxygen atoms in total. The molecule has 4 rings (SSSR count). The monoisotopic (exact) mass is 398 g/mol. The van der Waals surface area contributed by atoms with Gasteiger partial charge in [-0.25, -0.2) is 4.79 Å². The van der Waals surface area contributed by atoms with Crippen LogP contribution in [0, 0.1) is 0 Å². The summed E-state index contributed by atoms with van der Waals surface area (Å²) in [6.07, 6.45) is 1.82. The van der Waals surface area contributed by atoms with Crippen molar-refractivity contribution < 1.29 is 9.32 Å². The van der Waals surface area contributed by atoms with E-state index in [1.165, 1.54) is 11.5 Å². The van der Waals surface area contributed by atoms with Crippen LogP contribution in [-0.2, 0) is 0 Å². The summed E-state index contributed by atoms with van der Waals surface area (Å²) >= 11 is 1.18. The smallest absolute Gasteiger partial charge is 0.323 e. The Morgan fingerprint density at radius 2 is 2.11 bits per heavy atom. The Hall–Kier alpha value is -2.81. The number of benzene rings is 1. The van der Waals surface area contributed by atoms with Crippen LogP contribution in [0.2, 0.25) is 0 Å². The van der Waals surface area contributed by atoms with Gasteiger partial charge in [-0.15, -0.1) is 0 Å². The molecule has 1 aliphatic rings. The second-order valence-corrected chi connectivity index (χ2v) is 7.90. The molecular formula is C19H22N6O2S. The fourth-order valence-corrected chi connectivity index (χ4v) is 3.74. The van der Waals surface area contributed by atoms with Crippen LogP contribution in [0.25, 0.3) is 11.4 Å². The Balaban J connectivity index is 1.40. The molecule has 1 atom stereocenters. The fraction of sp³-hybridized carbons (Fsp3) is 0.421. The molecule has 0 aliphatic carbocycles. The van der Waals surface area contributed by atoms with Crippen LogP contribution in [0.4, 0.5) is 9.93 Å². The molecule has 3 heterocycles. The van der Waals surface area contributed by atoms with E-state index in [2.05, 4.69) is 24.8 Å². The van der Waals surface area contributed by atoms with Gasteiger partial charge in [0.15, 0.2) is 11.6 Å². The SMILES string of the molecule is CC(C)c1noc(C2CCCN(C(=O)Nc3nc(-c4ccccc4)ns3)C2)n1. The number of nitrogens with one attached hydrogen (secondary N) is 1. The van der Waals surface area contributed by atoms with Gasteiger partial charge in [0, 0.05) is 36.1 Å². The number of hydrogen-bond donors (Lipinski definition) is 1. The molecule has 9 heteroatoms. The number of nitrogens with zero attached hydrogens (tertiary/aromatic N) is 5. The van der Waals surface area contributed by atoms with Crippen LogP contribution in [-0.4, -0.2) is 43.5 Å². The second-order valence-electron chi connectivity index (χ2n) is 7.15. The molecular weight excluding hydrogens is 376 g/mol. The number of urea groups is 1. The predicted molar refractivity (Wildman–Crippen MR) is 106 cm³/mol. The molecule has 28 heavy (non-hydrogen) atoms. The standard InChI is InChI=1S/C19H22N6O2S/c1-12(2)15-20-17(27-23-15)14-9-6-10-25(11-14)19(26)22-18-21-16(24-28-18)13-7-4-3-5-8-13/h3-5,7-8,12,14H,6,9-11H2,1-2H3,(H,21,22,24,26). The fourth-order valence-electron chi connectivity index (χ4n) is 3.16. The van der Waals surface area contributed by atoms with Crippen LogP contribution in [0.1, 0.15) is 50.2 Å². The van der Waals surface area contributed by atoms with Crippen LogP contribution >= 0.6 is 11.5 Å². The predicted octanol–water partition coefficient (Wildman–Crippen LogP) is 4.12. The molecule has 0 radical (unpaired) electrons. The molecule has 2 aromatic heterocycles. The molecule has 0 saturated carbocycles. The summed E-state index contributed by atoms with van der Waals surface area (Å²) < 4.78 is 9.75. The maximum atomic E-state index is 12.7. The third-order valence-corrected chi connectivity index (χ3v) is 5.33. The van der Waals surface area contributed by atoms with Gasteiger partial charge in [-0.3, -0.25) is 5.32 Å². The van der Waals surface area contributed by atoms with Crippen molar-refractivity contribution in [2.24, 2.45) is 0 Å². The maximum Gasteiger partial charge on any atom is 0.323 e. The summed E-state index contributed by atoms with van der Waals surface area (Å²) in [5.41, 5.74) is 0.926. The molecule has 1 aliphatic heterocycles. The van der Waals surface area contributed by atoms with Gasteiger partial charge in [0.05, 0.1) is 5.92 Å². The lowest BCUT2D eigenvalue weighted by atomic mass is 9.98. The molecule has 1 aromatic carbocycles. The van der Waals surface area contributed by atoms with E-state index in [1.807, 2.05) is 44.2 Å². The summed E-state index contributed by atoms with van der Waals surface area (Å²) in [5, 5.41) is 7.39. The Bertz CT molecular complexity index is 939. The van der Waals surface area contributed by atoms with Gasteiger partial charge >= 0.3 is 6.03 Å². The van der Waals surface area contributed by atoms with Gasteiger partial charge in [-0.2, -0.15) is 14.3 Å². The number of likely N-dealkylation sites (tertiary alicyclic amines) is 1. The number of aromatic nitrogens is 4. The van der Waals surface area contributed by atoms with Crippen molar-refractivity contribution >= 4 is 22.7 Å². The minimum absolute atomic E-state index is 0.0637. The number of amides is 2. The highest BCUT2D eigenvalue weighted by Gasteiger charge is 2.29. The number of hydrogen-bond acceptors (Lipinski definition) is 7. The van der Waals surface area contributed by atoms with Gasteiger partial charge < -0.3 is 9.42 Å².